The molecule has 1 saturated carbocycles. The Balaban J connectivity index is 1.99. The number of nitrogens with zero attached hydrogens (tertiary/aromatic N) is 2. The molecule has 0 atom stereocenters. The summed E-state index contributed by atoms with van der Waals surface area (Å²) in [5.41, 5.74) is 0.160. The second-order valence-electron chi connectivity index (χ2n) is 5.48. The number of aromatic carboxylic acids is 1. The summed E-state index contributed by atoms with van der Waals surface area (Å²) in [4.78, 5) is 25.1. The van der Waals surface area contributed by atoms with Crippen molar-refractivity contribution in [2.45, 2.75) is 51.1 Å². The van der Waals surface area contributed by atoms with Crippen LogP contribution in [0.15, 0.2) is 18.3 Å². The maximum absolute atomic E-state index is 12.3. The fraction of sp³-hybridized carbons (Fsp3) is 0.600. The topological polar surface area (TPSA) is 62.5 Å². The Morgan fingerprint density at radius 1 is 1.30 bits per heavy atom. The second-order valence-corrected chi connectivity index (χ2v) is 5.48. The highest BCUT2D eigenvalue weighted by atomic mass is 16.4. The number of hydrogen-bond acceptors (Lipinski definition) is 2. The number of carbonyl (C=O) groups is 2. The number of amides is 1. The zero-order valence-electron chi connectivity index (χ0n) is 11.9. The lowest BCUT2D eigenvalue weighted by molar-refractivity contribution is -0.132. The van der Waals surface area contributed by atoms with E-state index in [4.69, 9.17) is 5.11 Å². The average molecular weight is 278 g/mol. The minimum Gasteiger partial charge on any atom is -0.477 e. The van der Waals surface area contributed by atoms with E-state index in [0.717, 1.165) is 12.8 Å². The molecule has 0 unspecified atom stereocenters. The van der Waals surface area contributed by atoms with E-state index in [1.165, 1.54) is 36.3 Å². The lowest BCUT2D eigenvalue weighted by atomic mass is 10.1. The van der Waals surface area contributed by atoms with Gasteiger partial charge in [-0.3, -0.25) is 4.79 Å². The van der Waals surface area contributed by atoms with Crippen LogP contribution in [-0.2, 0) is 11.3 Å². The molecule has 1 heterocycles. The summed E-state index contributed by atoms with van der Waals surface area (Å²) in [6, 6.07) is 3.47. The standard InChI is InChI=1S/C15H22N2O3/c1-16(12-7-4-2-3-5-8-12)14(18)11-17-10-6-9-13(17)15(19)20/h6,9-10,12H,2-5,7-8,11H2,1H3,(H,19,20). The van der Waals surface area contributed by atoms with Gasteiger partial charge in [0.1, 0.15) is 12.2 Å². The van der Waals surface area contributed by atoms with Gasteiger partial charge < -0.3 is 14.6 Å². The molecule has 0 saturated heterocycles. The van der Waals surface area contributed by atoms with E-state index in [2.05, 4.69) is 0 Å². The van der Waals surface area contributed by atoms with E-state index in [0.29, 0.717) is 6.04 Å². The molecule has 5 nitrogen and oxygen atoms in total. The molecule has 1 aromatic rings. The van der Waals surface area contributed by atoms with Crippen molar-refractivity contribution in [2.75, 3.05) is 7.05 Å². The third-order valence-electron chi connectivity index (χ3n) is 4.12. The lowest BCUT2D eigenvalue weighted by Crippen LogP contribution is -2.39. The number of carboxylic acid groups (broad SMARTS) is 1. The van der Waals surface area contributed by atoms with Crippen LogP contribution in [0.5, 0.6) is 0 Å². The number of carbonyl (C=O) groups excluding carboxylic acids is 1. The molecule has 0 aliphatic heterocycles. The quantitative estimate of drug-likeness (QED) is 0.860. The molecule has 1 aliphatic carbocycles. The summed E-state index contributed by atoms with van der Waals surface area (Å²) in [5, 5.41) is 9.05. The summed E-state index contributed by atoms with van der Waals surface area (Å²) in [7, 11) is 1.84. The van der Waals surface area contributed by atoms with Crippen LogP contribution < -0.4 is 0 Å². The summed E-state index contributed by atoms with van der Waals surface area (Å²) in [5.74, 6) is -1.02. The van der Waals surface area contributed by atoms with Gasteiger partial charge in [-0.1, -0.05) is 25.7 Å². The van der Waals surface area contributed by atoms with Crippen LogP contribution in [0.1, 0.15) is 49.0 Å². The van der Waals surface area contributed by atoms with Gasteiger partial charge in [-0.15, -0.1) is 0 Å². The van der Waals surface area contributed by atoms with Crippen LogP contribution in [0.2, 0.25) is 0 Å². The molecule has 1 aliphatic rings. The molecule has 2 rings (SSSR count). The Labute approximate surface area is 119 Å². The maximum atomic E-state index is 12.3. The summed E-state index contributed by atoms with van der Waals surface area (Å²) < 4.78 is 1.50. The molecule has 1 N–H and O–H groups in total. The molecule has 20 heavy (non-hydrogen) atoms. The van der Waals surface area contributed by atoms with E-state index in [-0.39, 0.29) is 18.1 Å². The minimum absolute atomic E-state index is 0.0180. The Bertz CT molecular complexity index is 473. The lowest BCUT2D eigenvalue weighted by Gasteiger charge is -2.27. The van der Waals surface area contributed by atoms with Gasteiger partial charge in [0.05, 0.1) is 0 Å². The van der Waals surface area contributed by atoms with Gasteiger partial charge in [-0.25, -0.2) is 4.79 Å². The highest BCUT2D eigenvalue weighted by Crippen LogP contribution is 2.21. The fourth-order valence-electron chi connectivity index (χ4n) is 2.85. The van der Waals surface area contributed by atoms with Gasteiger partial charge in [0.25, 0.3) is 0 Å². The van der Waals surface area contributed by atoms with Crippen LogP contribution >= 0.6 is 0 Å². The first-order chi connectivity index (χ1) is 9.59. The number of rotatable bonds is 4. The molecule has 1 fully saturated rings. The van der Waals surface area contributed by atoms with Crippen LogP contribution in [-0.4, -0.2) is 39.5 Å². The summed E-state index contributed by atoms with van der Waals surface area (Å²) >= 11 is 0. The molecular formula is C15H22N2O3. The van der Waals surface area contributed by atoms with Crippen molar-refractivity contribution in [1.82, 2.24) is 9.47 Å². The second kappa shape index (κ2) is 6.59. The summed E-state index contributed by atoms with van der Waals surface area (Å²) in [6.45, 7) is 0.0988. The Morgan fingerprint density at radius 3 is 2.55 bits per heavy atom. The van der Waals surface area contributed by atoms with E-state index < -0.39 is 5.97 Å². The highest BCUT2D eigenvalue weighted by molar-refractivity contribution is 5.86. The predicted molar refractivity (Wildman–Crippen MR) is 75.7 cm³/mol. The molecule has 1 amide bonds. The van der Waals surface area contributed by atoms with Gasteiger partial charge in [-0.05, 0) is 25.0 Å². The van der Waals surface area contributed by atoms with Gasteiger partial charge in [0.2, 0.25) is 5.91 Å². The van der Waals surface area contributed by atoms with Crippen LogP contribution in [0.25, 0.3) is 0 Å². The van der Waals surface area contributed by atoms with Crippen molar-refractivity contribution < 1.29 is 14.7 Å². The smallest absolute Gasteiger partial charge is 0.352 e. The van der Waals surface area contributed by atoms with Crippen molar-refractivity contribution in [3.05, 3.63) is 24.0 Å². The Kier molecular flexibility index (Phi) is 4.82. The van der Waals surface area contributed by atoms with Crippen LogP contribution in [0.3, 0.4) is 0 Å². The molecule has 0 aromatic carbocycles. The first-order valence-electron chi connectivity index (χ1n) is 7.23. The molecule has 5 heteroatoms. The molecule has 110 valence electrons. The molecule has 0 spiro atoms. The van der Waals surface area contributed by atoms with Crippen molar-refractivity contribution in [2.24, 2.45) is 0 Å². The SMILES string of the molecule is CN(C(=O)Cn1cccc1C(=O)O)C1CCCCCC1. The number of likely N-dealkylation sites (N-methyl/N-ethyl adjacent to an activating group) is 1. The normalized spacial score (nSPS) is 16.6. The van der Waals surface area contributed by atoms with Crippen molar-refractivity contribution in [3.8, 4) is 0 Å². The highest BCUT2D eigenvalue weighted by Gasteiger charge is 2.22. The van der Waals surface area contributed by atoms with E-state index in [9.17, 15) is 9.59 Å². The first kappa shape index (κ1) is 14.6. The van der Waals surface area contributed by atoms with Gasteiger partial charge in [-0.2, -0.15) is 0 Å². The Morgan fingerprint density at radius 2 is 1.95 bits per heavy atom. The summed E-state index contributed by atoms with van der Waals surface area (Å²) in [6.07, 6.45) is 8.60. The Hall–Kier alpha value is -1.78. The number of carboxylic acids is 1. The van der Waals surface area contributed by atoms with E-state index in [1.807, 2.05) is 7.05 Å². The number of aromatic nitrogens is 1. The van der Waals surface area contributed by atoms with Crippen LogP contribution in [0, 0.1) is 0 Å². The third-order valence-corrected chi connectivity index (χ3v) is 4.12. The molecule has 0 radical (unpaired) electrons. The fourth-order valence-corrected chi connectivity index (χ4v) is 2.85. The van der Waals surface area contributed by atoms with Crippen molar-refractivity contribution in [3.63, 3.8) is 0 Å². The molecular weight excluding hydrogens is 256 g/mol. The average Bonchev–Trinajstić information content (AvgIpc) is 2.72. The number of hydrogen-bond donors (Lipinski definition) is 1. The third kappa shape index (κ3) is 3.40. The maximum Gasteiger partial charge on any atom is 0.352 e. The molecule has 0 bridgehead atoms. The van der Waals surface area contributed by atoms with Gasteiger partial charge in [0, 0.05) is 19.3 Å². The van der Waals surface area contributed by atoms with E-state index in [1.54, 1.807) is 17.2 Å². The van der Waals surface area contributed by atoms with Crippen molar-refractivity contribution in [1.29, 1.82) is 0 Å². The van der Waals surface area contributed by atoms with Crippen molar-refractivity contribution >= 4 is 11.9 Å². The largest absolute Gasteiger partial charge is 0.477 e. The minimum atomic E-state index is -1.00. The first-order valence-corrected chi connectivity index (χ1v) is 7.23. The van der Waals surface area contributed by atoms with Gasteiger partial charge in [0.15, 0.2) is 0 Å². The van der Waals surface area contributed by atoms with E-state index >= 15 is 0 Å². The molecule has 1 aromatic heterocycles. The van der Waals surface area contributed by atoms with Gasteiger partial charge >= 0.3 is 5.97 Å². The van der Waals surface area contributed by atoms with Crippen LogP contribution in [0.4, 0.5) is 0 Å². The monoisotopic (exact) mass is 278 g/mol. The zero-order chi connectivity index (χ0) is 14.5. The predicted octanol–water partition coefficient (Wildman–Crippen LogP) is 2.37. The zero-order valence-corrected chi connectivity index (χ0v) is 11.9.